The van der Waals surface area contributed by atoms with E-state index in [4.69, 9.17) is 14.4 Å². The number of furan rings is 1. The molecule has 0 bridgehead atoms. The number of fused-ring (bicyclic) bond motifs is 6. The highest BCUT2D eigenvalue weighted by molar-refractivity contribution is 6.22. The highest BCUT2D eigenvalue weighted by Gasteiger charge is 2.24. The van der Waals surface area contributed by atoms with E-state index in [9.17, 15) is 0 Å². The zero-order chi connectivity index (χ0) is 33.7. The van der Waals surface area contributed by atoms with Gasteiger partial charge in [0.2, 0.25) is 0 Å². The topological polar surface area (TPSA) is 49.9 Å². The van der Waals surface area contributed by atoms with Crippen LogP contribution in [0.2, 0.25) is 0 Å². The largest absolute Gasteiger partial charge is 0.456 e. The van der Waals surface area contributed by atoms with Crippen molar-refractivity contribution in [2.75, 3.05) is 0 Å². The number of hydrogen-bond donors (Lipinski definition) is 1. The number of rotatable bonds is 5. The zero-order valence-corrected chi connectivity index (χ0v) is 27.6. The van der Waals surface area contributed by atoms with Gasteiger partial charge in [-0.1, -0.05) is 152 Å². The molecule has 9 aromatic rings. The molecule has 0 aliphatic carbocycles. The summed E-state index contributed by atoms with van der Waals surface area (Å²) in [6.07, 6.45) is -0.306. The summed E-state index contributed by atoms with van der Waals surface area (Å²) in [7, 11) is 0. The van der Waals surface area contributed by atoms with Crippen LogP contribution in [0, 0.1) is 0 Å². The molecule has 0 radical (unpaired) electrons. The number of nitrogens with one attached hydrogen (secondary N) is 1. The fourth-order valence-electron chi connectivity index (χ4n) is 7.36. The lowest BCUT2D eigenvalue weighted by Gasteiger charge is -2.24. The van der Waals surface area contributed by atoms with Crippen LogP contribution in [0.3, 0.4) is 0 Å². The van der Waals surface area contributed by atoms with Crippen molar-refractivity contribution in [2.24, 2.45) is 9.98 Å². The van der Waals surface area contributed by atoms with Crippen LogP contribution >= 0.6 is 0 Å². The fourth-order valence-corrected chi connectivity index (χ4v) is 7.36. The Kier molecular flexibility index (Phi) is 6.85. The molecule has 51 heavy (non-hydrogen) atoms. The van der Waals surface area contributed by atoms with Gasteiger partial charge in [-0.25, -0.2) is 9.98 Å². The van der Waals surface area contributed by atoms with Crippen molar-refractivity contribution in [1.29, 1.82) is 0 Å². The van der Waals surface area contributed by atoms with Crippen LogP contribution in [0.4, 0.5) is 0 Å². The lowest BCUT2D eigenvalue weighted by atomic mass is 9.98. The van der Waals surface area contributed by atoms with E-state index in [1.165, 1.54) is 27.3 Å². The number of amidine groups is 2. The highest BCUT2D eigenvalue weighted by atomic mass is 16.3. The Hall–Kier alpha value is -6.78. The van der Waals surface area contributed by atoms with Gasteiger partial charge in [-0.15, -0.1) is 0 Å². The molecule has 4 heteroatoms. The van der Waals surface area contributed by atoms with Crippen LogP contribution in [0.1, 0.15) is 22.9 Å². The Morgan fingerprint density at radius 1 is 0.451 bits per heavy atom. The smallest absolute Gasteiger partial charge is 0.159 e. The van der Waals surface area contributed by atoms with Gasteiger partial charge in [-0.05, 0) is 73.6 Å². The number of nitrogens with zero attached hydrogens (tertiary/aromatic N) is 2. The summed E-state index contributed by atoms with van der Waals surface area (Å²) >= 11 is 0. The van der Waals surface area contributed by atoms with E-state index in [2.05, 4.69) is 157 Å². The molecule has 10 rings (SSSR count). The van der Waals surface area contributed by atoms with Gasteiger partial charge in [0.05, 0.1) is 0 Å². The Labute approximate surface area is 295 Å². The molecular formula is C47H31N3O. The summed E-state index contributed by atoms with van der Waals surface area (Å²) in [4.78, 5) is 10.4. The van der Waals surface area contributed by atoms with E-state index in [1.54, 1.807) is 0 Å². The third-order valence-electron chi connectivity index (χ3n) is 9.94. The normalized spacial score (nSPS) is 14.5. The summed E-state index contributed by atoms with van der Waals surface area (Å²) in [6, 6.07) is 61.7. The molecule has 1 atom stereocenters. The van der Waals surface area contributed by atoms with Crippen LogP contribution in [0.5, 0.6) is 0 Å². The van der Waals surface area contributed by atoms with Gasteiger partial charge >= 0.3 is 0 Å². The van der Waals surface area contributed by atoms with Gasteiger partial charge in [-0.3, -0.25) is 0 Å². The average molecular weight is 654 g/mol. The van der Waals surface area contributed by atoms with Crippen LogP contribution in [0.25, 0.3) is 65.7 Å². The second-order valence-electron chi connectivity index (χ2n) is 13.0. The molecule has 0 saturated heterocycles. The van der Waals surface area contributed by atoms with Gasteiger partial charge in [-0.2, -0.15) is 0 Å². The second kappa shape index (κ2) is 12.0. The number of benzene rings is 8. The first-order chi connectivity index (χ1) is 25.2. The van der Waals surface area contributed by atoms with Gasteiger partial charge < -0.3 is 9.73 Å². The van der Waals surface area contributed by atoms with Crippen molar-refractivity contribution in [3.05, 3.63) is 193 Å². The summed E-state index contributed by atoms with van der Waals surface area (Å²) in [5.41, 5.74) is 9.35. The monoisotopic (exact) mass is 653 g/mol. The average Bonchev–Trinajstić information content (AvgIpc) is 3.59. The molecule has 1 aliphatic heterocycles. The third-order valence-corrected chi connectivity index (χ3v) is 9.94. The highest BCUT2D eigenvalue weighted by Crippen LogP contribution is 2.36. The quantitative estimate of drug-likeness (QED) is 0.188. The molecule has 0 amide bonds. The minimum atomic E-state index is -0.306. The summed E-state index contributed by atoms with van der Waals surface area (Å²) in [5.74, 6) is 1.46. The third kappa shape index (κ3) is 5.17. The molecule has 0 saturated carbocycles. The first-order valence-corrected chi connectivity index (χ1v) is 17.3. The molecule has 1 unspecified atom stereocenters. The molecule has 1 N–H and O–H groups in total. The van der Waals surface area contributed by atoms with Crippen molar-refractivity contribution >= 4 is 55.2 Å². The second-order valence-corrected chi connectivity index (χ2v) is 13.0. The molecule has 1 aromatic heterocycles. The molecule has 0 fully saturated rings. The van der Waals surface area contributed by atoms with E-state index in [1.807, 2.05) is 24.3 Å². The zero-order valence-electron chi connectivity index (χ0n) is 27.6. The predicted molar refractivity (Wildman–Crippen MR) is 211 cm³/mol. The van der Waals surface area contributed by atoms with Crippen LogP contribution in [-0.4, -0.2) is 11.7 Å². The maximum Gasteiger partial charge on any atom is 0.159 e. The maximum atomic E-state index is 6.53. The Balaban J connectivity index is 1.07. The van der Waals surface area contributed by atoms with Gasteiger partial charge in [0, 0.05) is 21.9 Å². The lowest BCUT2D eigenvalue weighted by Crippen LogP contribution is -2.33. The summed E-state index contributed by atoms with van der Waals surface area (Å²) in [6.45, 7) is 0. The Bertz CT molecular complexity index is 2820. The summed E-state index contributed by atoms with van der Waals surface area (Å²) in [5, 5.41) is 10.6. The predicted octanol–water partition coefficient (Wildman–Crippen LogP) is 11.7. The maximum absolute atomic E-state index is 6.53. The number of aliphatic imine (C=N–C) groups is 2. The minimum Gasteiger partial charge on any atom is -0.456 e. The standard InChI is InChI=1S/C47H31N3O/c1-3-10-30(11-4-1)31-18-20-32(21-19-31)35-24-27-40-43(29-35)51-42-17-9-16-41(44(40)42)47-49-45(34-13-5-2-6-14-34)48-46(50-47)37-25-26-39-36(28-37)23-22-33-12-7-8-15-38(33)39/h1-29,45H,(H,48,49,50). The molecule has 2 heterocycles. The first-order valence-electron chi connectivity index (χ1n) is 17.3. The fraction of sp³-hybridized carbons (Fsp3) is 0.0213. The molecule has 0 spiro atoms. The van der Waals surface area contributed by atoms with Gasteiger partial charge in [0.1, 0.15) is 23.2 Å². The van der Waals surface area contributed by atoms with E-state index < -0.39 is 0 Å². The van der Waals surface area contributed by atoms with E-state index in [-0.39, 0.29) is 6.17 Å². The van der Waals surface area contributed by atoms with Crippen molar-refractivity contribution in [1.82, 2.24) is 5.32 Å². The molecule has 4 nitrogen and oxygen atoms in total. The van der Waals surface area contributed by atoms with E-state index in [0.717, 1.165) is 61.0 Å². The molecular weight excluding hydrogens is 623 g/mol. The van der Waals surface area contributed by atoms with Crippen molar-refractivity contribution in [3.8, 4) is 22.3 Å². The van der Waals surface area contributed by atoms with Crippen LogP contribution < -0.4 is 5.32 Å². The van der Waals surface area contributed by atoms with Crippen molar-refractivity contribution in [2.45, 2.75) is 6.17 Å². The first kappa shape index (κ1) is 29.2. The van der Waals surface area contributed by atoms with Crippen molar-refractivity contribution < 1.29 is 4.42 Å². The molecule has 8 aromatic carbocycles. The molecule has 1 aliphatic rings. The number of hydrogen-bond acceptors (Lipinski definition) is 4. The minimum absolute atomic E-state index is 0.306. The SMILES string of the molecule is c1ccc(-c2ccc(-c3ccc4c(c3)oc3cccc(C5=NC(c6ccc7c(ccc8ccccc87)c6)=NC(c6ccccc6)N5)c34)cc2)cc1. The molecule has 240 valence electrons. The van der Waals surface area contributed by atoms with Gasteiger partial charge in [0.15, 0.2) is 5.84 Å². The Morgan fingerprint density at radius 2 is 1.10 bits per heavy atom. The van der Waals surface area contributed by atoms with E-state index in [0.29, 0.717) is 5.84 Å². The van der Waals surface area contributed by atoms with Gasteiger partial charge in [0.25, 0.3) is 0 Å². The van der Waals surface area contributed by atoms with Crippen LogP contribution in [0.15, 0.2) is 190 Å². The lowest BCUT2D eigenvalue weighted by molar-refractivity contribution is 0.668. The van der Waals surface area contributed by atoms with E-state index >= 15 is 0 Å². The Morgan fingerprint density at radius 3 is 1.94 bits per heavy atom. The summed E-state index contributed by atoms with van der Waals surface area (Å²) < 4.78 is 6.53. The van der Waals surface area contributed by atoms with Crippen molar-refractivity contribution in [3.63, 3.8) is 0 Å². The van der Waals surface area contributed by atoms with Crippen LogP contribution in [-0.2, 0) is 0 Å².